The number of carbonyl (C=O) groups excluding carboxylic acids is 1. The van der Waals surface area contributed by atoms with Gasteiger partial charge in [-0.25, -0.2) is 4.68 Å². The number of fused-ring (bicyclic) bond motifs is 1. The van der Waals surface area contributed by atoms with Crippen LogP contribution in [0.3, 0.4) is 0 Å². The molecule has 2 aromatic heterocycles. The molecule has 8 nitrogen and oxygen atoms in total. The summed E-state index contributed by atoms with van der Waals surface area (Å²) in [6.45, 7) is 1.64. The van der Waals surface area contributed by atoms with Crippen LogP contribution in [-0.4, -0.2) is 45.1 Å². The highest BCUT2D eigenvalue weighted by molar-refractivity contribution is 7.99. The van der Waals surface area contributed by atoms with Gasteiger partial charge in [0.25, 0.3) is 0 Å². The number of hydrogen-bond donors (Lipinski definition) is 1. The molecule has 0 saturated carbocycles. The highest BCUT2D eigenvalue weighted by atomic mass is 32.2. The highest BCUT2D eigenvalue weighted by Gasteiger charge is 2.14. The smallest absolute Gasteiger partial charge is 0.234 e. The van der Waals surface area contributed by atoms with E-state index in [0.29, 0.717) is 42.1 Å². The SMILES string of the molecule is O=C(CSc1nnnn1Cc1cccs1)Nc1ccc2c(c1)OCCO2. The molecule has 10 heteroatoms. The van der Waals surface area contributed by atoms with Crippen LogP contribution < -0.4 is 14.8 Å². The Morgan fingerprint density at radius 1 is 1.27 bits per heavy atom. The Bertz CT molecular complexity index is 897. The van der Waals surface area contributed by atoms with Crippen LogP contribution in [0.25, 0.3) is 0 Å². The van der Waals surface area contributed by atoms with E-state index in [4.69, 9.17) is 9.47 Å². The zero-order chi connectivity index (χ0) is 17.8. The Balaban J connectivity index is 1.34. The van der Waals surface area contributed by atoms with E-state index in [-0.39, 0.29) is 11.7 Å². The summed E-state index contributed by atoms with van der Waals surface area (Å²) in [6.07, 6.45) is 0. The van der Waals surface area contributed by atoms with Crippen LogP contribution in [0.2, 0.25) is 0 Å². The topological polar surface area (TPSA) is 91.2 Å². The summed E-state index contributed by atoms with van der Waals surface area (Å²) in [5.74, 6) is 1.40. The number of tetrazole rings is 1. The van der Waals surface area contributed by atoms with Crippen molar-refractivity contribution in [3.63, 3.8) is 0 Å². The third-order valence-corrected chi connectivity index (χ3v) is 5.36. The zero-order valence-corrected chi connectivity index (χ0v) is 15.3. The molecule has 1 aromatic carbocycles. The maximum absolute atomic E-state index is 12.2. The third-order valence-electron chi connectivity index (χ3n) is 3.54. The standard InChI is InChI=1S/C16H15N5O3S2/c22-15(17-11-3-4-13-14(8-11)24-6-5-23-13)10-26-16-18-19-20-21(16)9-12-2-1-7-25-12/h1-4,7-8H,5-6,9-10H2,(H,17,22). The predicted molar refractivity (Wildman–Crippen MR) is 98.0 cm³/mol. The normalized spacial score (nSPS) is 12.8. The van der Waals surface area contributed by atoms with Gasteiger partial charge < -0.3 is 14.8 Å². The number of thioether (sulfide) groups is 1. The predicted octanol–water partition coefficient (Wildman–Crippen LogP) is 2.28. The van der Waals surface area contributed by atoms with E-state index in [2.05, 4.69) is 20.8 Å². The van der Waals surface area contributed by atoms with Crippen molar-refractivity contribution >= 4 is 34.7 Å². The van der Waals surface area contributed by atoms with E-state index in [1.807, 2.05) is 17.5 Å². The molecule has 0 unspecified atom stereocenters. The molecule has 0 atom stereocenters. The van der Waals surface area contributed by atoms with Gasteiger partial charge in [-0.1, -0.05) is 17.8 Å². The lowest BCUT2D eigenvalue weighted by Crippen LogP contribution is -2.17. The molecule has 0 radical (unpaired) electrons. The van der Waals surface area contributed by atoms with Gasteiger partial charge in [-0.2, -0.15) is 0 Å². The van der Waals surface area contributed by atoms with E-state index in [9.17, 15) is 4.79 Å². The van der Waals surface area contributed by atoms with Gasteiger partial charge in [0.2, 0.25) is 11.1 Å². The number of hydrogen-bond acceptors (Lipinski definition) is 8. The first kappa shape index (κ1) is 16.9. The summed E-state index contributed by atoms with van der Waals surface area (Å²) in [6, 6.07) is 9.35. The first-order valence-electron chi connectivity index (χ1n) is 7.89. The Morgan fingerprint density at radius 3 is 3.00 bits per heavy atom. The van der Waals surface area contributed by atoms with Gasteiger partial charge in [-0.3, -0.25) is 4.79 Å². The van der Waals surface area contributed by atoms with Gasteiger partial charge in [-0.15, -0.1) is 16.4 Å². The molecule has 0 aliphatic carbocycles. The number of amides is 1. The number of aromatic nitrogens is 4. The summed E-state index contributed by atoms with van der Waals surface area (Å²) in [5, 5.41) is 17.1. The molecule has 1 amide bonds. The largest absolute Gasteiger partial charge is 0.486 e. The van der Waals surface area contributed by atoms with Crippen molar-refractivity contribution in [1.82, 2.24) is 20.2 Å². The molecule has 0 fully saturated rings. The minimum Gasteiger partial charge on any atom is -0.486 e. The molecular formula is C16H15N5O3S2. The molecule has 1 aliphatic rings. The van der Waals surface area contributed by atoms with E-state index in [0.717, 1.165) is 4.88 Å². The second-order valence-electron chi connectivity index (χ2n) is 5.39. The number of ether oxygens (including phenoxy) is 2. The number of benzene rings is 1. The average molecular weight is 389 g/mol. The van der Waals surface area contributed by atoms with Crippen LogP contribution in [0.5, 0.6) is 11.5 Å². The molecule has 134 valence electrons. The van der Waals surface area contributed by atoms with Crippen LogP contribution in [0.4, 0.5) is 5.69 Å². The maximum Gasteiger partial charge on any atom is 0.234 e. The lowest BCUT2D eigenvalue weighted by atomic mass is 10.2. The number of nitrogens with one attached hydrogen (secondary N) is 1. The van der Waals surface area contributed by atoms with Crippen molar-refractivity contribution in [3.8, 4) is 11.5 Å². The number of nitrogens with zero attached hydrogens (tertiary/aromatic N) is 4. The van der Waals surface area contributed by atoms with E-state index in [1.54, 1.807) is 34.2 Å². The van der Waals surface area contributed by atoms with Crippen molar-refractivity contribution in [2.24, 2.45) is 0 Å². The van der Waals surface area contributed by atoms with Crippen LogP contribution in [0.15, 0.2) is 40.9 Å². The number of anilines is 1. The van der Waals surface area contributed by atoms with Crippen molar-refractivity contribution < 1.29 is 14.3 Å². The van der Waals surface area contributed by atoms with E-state index < -0.39 is 0 Å². The van der Waals surface area contributed by atoms with Crippen LogP contribution in [0.1, 0.15) is 4.88 Å². The number of thiophene rings is 1. The monoisotopic (exact) mass is 389 g/mol. The lowest BCUT2D eigenvalue weighted by molar-refractivity contribution is -0.113. The number of rotatable bonds is 6. The summed E-state index contributed by atoms with van der Waals surface area (Å²) in [5.41, 5.74) is 0.665. The molecule has 4 rings (SSSR count). The minimum absolute atomic E-state index is 0.141. The Morgan fingerprint density at radius 2 is 2.15 bits per heavy atom. The third kappa shape index (κ3) is 3.97. The van der Waals surface area contributed by atoms with Gasteiger partial charge in [0.15, 0.2) is 11.5 Å². The molecule has 0 saturated heterocycles. The minimum atomic E-state index is -0.141. The van der Waals surface area contributed by atoms with Gasteiger partial charge in [0, 0.05) is 16.6 Å². The average Bonchev–Trinajstić information content (AvgIpc) is 3.32. The van der Waals surface area contributed by atoms with Gasteiger partial charge in [-0.05, 0) is 34.0 Å². The molecular weight excluding hydrogens is 374 g/mol. The van der Waals surface area contributed by atoms with E-state index >= 15 is 0 Å². The van der Waals surface area contributed by atoms with Gasteiger partial charge >= 0.3 is 0 Å². The summed E-state index contributed by atoms with van der Waals surface area (Å²) < 4.78 is 12.7. The molecule has 3 heterocycles. The zero-order valence-electron chi connectivity index (χ0n) is 13.6. The second kappa shape index (κ2) is 7.75. The molecule has 1 N–H and O–H groups in total. The van der Waals surface area contributed by atoms with Crippen molar-refractivity contribution in [1.29, 1.82) is 0 Å². The van der Waals surface area contributed by atoms with Crippen molar-refractivity contribution in [3.05, 3.63) is 40.6 Å². The Kier molecular flexibility index (Phi) is 5.02. The van der Waals surface area contributed by atoms with Crippen LogP contribution >= 0.6 is 23.1 Å². The first-order chi connectivity index (χ1) is 12.8. The summed E-state index contributed by atoms with van der Waals surface area (Å²) in [4.78, 5) is 13.4. The Hall–Kier alpha value is -2.59. The molecule has 26 heavy (non-hydrogen) atoms. The Labute approximate surface area is 157 Å². The van der Waals surface area contributed by atoms with Crippen molar-refractivity contribution in [2.45, 2.75) is 11.7 Å². The van der Waals surface area contributed by atoms with E-state index in [1.165, 1.54) is 11.8 Å². The highest BCUT2D eigenvalue weighted by Crippen LogP contribution is 2.32. The second-order valence-corrected chi connectivity index (χ2v) is 7.37. The molecule has 0 spiro atoms. The maximum atomic E-state index is 12.2. The number of carbonyl (C=O) groups is 1. The molecule has 1 aliphatic heterocycles. The van der Waals surface area contributed by atoms with Crippen molar-refractivity contribution in [2.75, 3.05) is 24.3 Å². The fourth-order valence-electron chi connectivity index (χ4n) is 2.40. The van der Waals surface area contributed by atoms with Crippen LogP contribution in [-0.2, 0) is 11.3 Å². The quantitative estimate of drug-likeness (QED) is 0.647. The fourth-order valence-corrected chi connectivity index (χ4v) is 3.76. The summed E-state index contributed by atoms with van der Waals surface area (Å²) in [7, 11) is 0. The fraction of sp³-hybridized carbons (Fsp3) is 0.250. The van der Waals surface area contributed by atoms with Gasteiger partial charge in [0.05, 0.1) is 12.3 Å². The van der Waals surface area contributed by atoms with Crippen LogP contribution in [0, 0.1) is 0 Å². The molecule has 0 bridgehead atoms. The first-order valence-corrected chi connectivity index (χ1v) is 9.75. The van der Waals surface area contributed by atoms with Gasteiger partial charge in [0.1, 0.15) is 13.2 Å². The lowest BCUT2D eigenvalue weighted by Gasteiger charge is -2.18. The summed E-state index contributed by atoms with van der Waals surface area (Å²) >= 11 is 2.94. The molecule has 3 aromatic rings.